The van der Waals surface area contributed by atoms with Crippen molar-refractivity contribution in [2.45, 2.75) is 13.5 Å². The molecule has 0 saturated carbocycles. The van der Waals surface area contributed by atoms with Gasteiger partial charge in [0.05, 0.1) is 29.3 Å². The van der Waals surface area contributed by atoms with Crippen LogP contribution in [0.25, 0.3) is 0 Å². The number of halogens is 2. The lowest BCUT2D eigenvalue weighted by Crippen LogP contribution is -2.04. The largest absolute Gasteiger partial charge is 0.378 e. The molecule has 1 aromatic carbocycles. The van der Waals surface area contributed by atoms with E-state index in [1.54, 1.807) is 6.33 Å². The van der Waals surface area contributed by atoms with E-state index < -0.39 is 0 Å². The third-order valence-corrected chi connectivity index (χ3v) is 3.34. The molecule has 2 rings (SSSR count). The second-order valence-electron chi connectivity index (χ2n) is 3.93. The fourth-order valence-corrected chi connectivity index (χ4v) is 1.97. The Labute approximate surface area is 110 Å². The third kappa shape index (κ3) is 2.73. The van der Waals surface area contributed by atoms with Gasteiger partial charge in [-0.15, -0.1) is 0 Å². The van der Waals surface area contributed by atoms with Crippen LogP contribution in [-0.4, -0.2) is 9.55 Å². The van der Waals surface area contributed by atoms with Crippen molar-refractivity contribution in [3.8, 4) is 0 Å². The summed E-state index contributed by atoms with van der Waals surface area (Å²) < 4.78 is 1.96. The molecule has 1 heterocycles. The minimum atomic E-state index is 0.662. The molecule has 0 aliphatic rings. The Kier molecular flexibility index (Phi) is 3.60. The molecule has 0 bridgehead atoms. The van der Waals surface area contributed by atoms with Crippen molar-refractivity contribution in [1.29, 1.82) is 0 Å². The highest BCUT2D eigenvalue weighted by molar-refractivity contribution is 6.35. The highest BCUT2D eigenvalue weighted by atomic mass is 35.5. The lowest BCUT2D eigenvalue weighted by atomic mass is 10.2. The molecular weight excluding hydrogens is 257 g/mol. The fourth-order valence-electron chi connectivity index (χ4n) is 1.52. The summed E-state index contributed by atoms with van der Waals surface area (Å²) in [5, 5.41) is 4.63. The number of anilines is 1. The number of aromatic nitrogens is 2. The number of benzene rings is 1. The van der Waals surface area contributed by atoms with Crippen molar-refractivity contribution in [1.82, 2.24) is 9.55 Å². The standard InChI is InChI=1S/C12H13Cl2N3/c1-8-3-11(14)12(4-10(8)13)16-6-9-5-15-7-17(9)2/h3-5,7,16H,6H2,1-2H3. The van der Waals surface area contributed by atoms with E-state index in [9.17, 15) is 0 Å². The number of rotatable bonds is 3. The lowest BCUT2D eigenvalue weighted by molar-refractivity contribution is 0.837. The van der Waals surface area contributed by atoms with Crippen LogP contribution in [0.3, 0.4) is 0 Å². The first kappa shape index (κ1) is 12.3. The van der Waals surface area contributed by atoms with Gasteiger partial charge in [-0.1, -0.05) is 23.2 Å². The van der Waals surface area contributed by atoms with E-state index in [4.69, 9.17) is 23.2 Å². The highest BCUT2D eigenvalue weighted by Gasteiger charge is 2.05. The van der Waals surface area contributed by atoms with Gasteiger partial charge in [0.2, 0.25) is 0 Å². The lowest BCUT2D eigenvalue weighted by Gasteiger charge is -2.10. The number of imidazole rings is 1. The Morgan fingerprint density at radius 2 is 2.06 bits per heavy atom. The van der Waals surface area contributed by atoms with E-state index in [2.05, 4.69) is 10.3 Å². The van der Waals surface area contributed by atoms with Gasteiger partial charge in [0.25, 0.3) is 0 Å². The summed E-state index contributed by atoms with van der Waals surface area (Å²) >= 11 is 12.2. The summed E-state index contributed by atoms with van der Waals surface area (Å²) in [6.07, 6.45) is 3.58. The van der Waals surface area contributed by atoms with Gasteiger partial charge >= 0.3 is 0 Å². The zero-order valence-electron chi connectivity index (χ0n) is 9.67. The first-order valence-corrected chi connectivity index (χ1v) is 5.98. The normalized spacial score (nSPS) is 10.6. The van der Waals surface area contributed by atoms with E-state index in [0.717, 1.165) is 16.9 Å². The second kappa shape index (κ2) is 4.98. The van der Waals surface area contributed by atoms with E-state index in [0.29, 0.717) is 16.6 Å². The number of hydrogen-bond donors (Lipinski definition) is 1. The summed E-state index contributed by atoms with van der Waals surface area (Å²) in [4.78, 5) is 4.05. The van der Waals surface area contributed by atoms with Crippen molar-refractivity contribution in [2.75, 3.05) is 5.32 Å². The van der Waals surface area contributed by atoms with Crippen LogP contribution < -0.4 is 5.32 Å². The van der Waals surface area contributed by atoms with Crippen LogP contribution in [0.2, 0.25) is 10.0 Å². The van der Waals surface area contributed by atoms with Crippen LogP contribution in [0, 0.1) is 6.92 Å². The van der Waals surface area contributed by atoms with Crippen molar-refractivity contribution >= 4 is 28.9 Å². The number of nitrogens with one attached hydrogen (secondary N) is 1. The van der Waals surface area contributed by atoms with Crippen LogP contribution in [0.5, 0.6) is 0 Å². The van der Waals surface area contributed by atoms with E-state index in [1.807, 2.05) is 36.9 Å². The fraction of sp³-hybridized carbons (Fsp3) is 0.250. The molecule has 5 heteroatoms. The molecular formula is C12H13Cl2N3. The van der Waals surface area contributed by atoms with Crippen LogP contribution in [-0.2, 0) is 13.6 Å². The van der Waals surface area contributed by atoms with Gasteiger partial charge in [-0.05, 0) is 24.6 Å². The van der Waals surface area contributed by atoms with Gasteiger partial charge in [0.15, 0.2) is 0 Å². The second-order valence-corrected chi connectivity index (χ2v) is 4.75. The Bertz CT molecular complexity index is 535. The summed E-state index contributed by atoms with van der Waals surface area (Å²) in [6, 6.07) is 3.70. The molecule has 0 spiro atoms. The van der Waals surface area contributed by atoms with Crippen LogP contribution >= 0.6 is 23.2 Å². The molecule has 0 unspecified atom stereocenters. The Hall–Kier alpha value is -1.19. The first-order valence-electron chi connectivity index (χ1n) is 5.22. The molecule has 0 atom stereocenters. The average Bonchev–Trinajstić information content (AvgIpc) is 2.68. The Morgan fingerprint density at radius 1 is 1.29 bits per heavy atom. The van der Waals surface area contributed by atoms with E-state index in [1.165, 1.54) is 0 Å². The van der Waals surface area contributed by atoms with Crippen molar-refractivity contribution in [3.63, 3.8) is 0 Å². The highest BCUT2D eigenvalue weighted by Crippen LogP contribution is 2.29. The molecule has 0 saturated heterocycles. The summed E-state index contributed by atoms with van der Waals surface area (Å²) in [5.41, 5.74) is 2.89. The topological polar surface area (TPSA) is 29.9 Å². The van der Waals surface area contributed by atoms with Crippen molar-refractivity contribution in [3.05, 3.63) is 46.0 Å². The molecule has 0 aliphatic heterocycles. The first-order chi connectivity index (χ1) is 8.08. The minimum absolute atomic E-state index is 0.662. The van der Waals surface area contributed by atoms with Gasteiger partial charge in [-0.2, -0.15) is 0 Å². The molecule has 1 N–H and O–H groups in total. The monoisotopic (exact) mass is 269 g/mol. The Morgan fingerprint density at radius 3 is 2.71 bits per heavy atom. The minimum Gasteiger partial charge on any atom is -0.378 e. The molecule has 0 aliphatic carbocycles. The maximum absolute atomic E-state index is 6.14. The molecule has 90 valence electrons. The maximum Gasteiger partial charge on any atom is 0.0946 e. The van der Waals surface area contributed by atoms with Crippen LogP contribution in [0.15, 0.2) is 24.7 Å². The van der Waals surface area contributed by atoms with Crippen molar-refractivity contribution < 1.29 is 0 Å². The smallest absolute Gasteiger partial charge is 0.0946 e. The van der Waals surface area contributed by atoms with Gasteiger partial charge < -0.3 is 9.88 Å². The average molecular weight is 270 g/mol. The van der Waals surface area contributed by atoms with E-state index >= 15 is 0 Å². The van der Waals surface area contributed by atoms with Crippen LogP contribution in [0.1, 0.15) is 11.3 Å². The zero-order valence-corrected chi connectivity index (χ0v) is 11.2. The van der Waals surface area contributed by atoms with Crippen molar-refractivity contribution in [2.24, 2.45) is 7.05 Å². The van der Waals surface area contributed by atoms with E-state index in [-0.39, 0.29) is 0 Å². The maximum atomic E-state index is 6.14. The summed E-state index contributed by atoms with van der Waals surface area (Å²) in [6.45, 7) is 2.59. The van der Waals surface area contributed by atoms with Crippen LogP contribution in [0.4, 0.5) is 5.69 Å². The van der Waals surface area contributed by atoms with Gasteiger partial charge in [0.1, 0.15) is 0 Å². The predicted octanol–water partition coefficient (Wildman–Crippen LogP) is 3.65. The molecule has 0 amide bonds. The molecule has 0 fully saturated rings. The Balaban J connectivity index is 2.14. The summed E-state index contributed by atoms with van der Waals surface area (Å²) in [7, 11) is 1.95. The molecule has 0 radical (unpaired) electrons. The molecule has 17 heavy (non-hydrogen) atoms. The number of hydrogen-bond acceptors (Lipinski definition) is 2. The summed E-state index contributed by atoms with van der Waals surface area (Å²) in [5.74, 6) is 0. The predicted molar refractivity (Wildman–Crippen MR) is 71.7 cm³/mol. The van der Waals surface area contributed by atoms with Gasteiger partial charge in [-0.3, -0.25) is 0 Å². The molecule has 1 aromatic heterocycles. The molecule has 2 aromatic rings. The van der Waals surface area contributed by atoms with Gasteiger partial charge in [0, 0.05) is 18.3 Å². The zero-order chi connectivity index (χ0) is 12.4. The number of nitrogens with zero attached hydrogens (tertiary/aromatic N) is 2. The SMILES string of the molecule is Cc1cc(Cl)c(NCc2cncn2C)cc1Cl. The third-order valence-electron chi connectivity index (χ3n) is 2.62. The number of aryl methyl sites for hydroxylation is 2. The molecule has 3 nitrogen and oxygen atoms in total. The quantitative estimate of drug-likeness (QED) is 0.922. The van der Waals surface area contributed by atoms with Gasteiger partial charge in [-0.25, -0.2) is 4.98 Å².